The van der Waals surface area contributed by atoms with E-state index in [-0.39, 0.29) is 11.9 Å². The second-order valence-corrected chi connectivity index (χ2v) is 8.79. The first kappa shape index (κ1) is 21.0. The smallest absolute Gasteiger partial charge is 0.252 e. The molecule has 11 heteroatoms. The van der Waals surface area contributed by atoms with Gasteiger partial charge in [0.15, 0.2) is 11.7 Å². The molecule has 1 amide bonds. The first-order valence-electron chi connectivity index (χ1n) is 11.1. The lowest BCUT2D eigenvalue weighted by Gasteiger charge is -2.33. The number of aromatic nitrogens is 4. The maximum absolute atomic E-state index is 13.1. The fraction of sp³-hybridized carbons (Fsp3) is 0.409. The summed E-state index contributed by atoms with van der Waals surface area (Å²) in [6, 6.07) is 7.38. The minimum Gasteiger partial charge on any atom is -0.359 e. The molecule has 172 valence electrons. The van der Waals surface area contributed by atoms with Crippen LogP contribution in [0, 0.1) is 12.3 Å². The maximum atomic E-state index is 13.1. The van der Waals surface area contributed by atoms with Crippen LogP contribution in [0.25, 0.3) is 0 Å². The SMILES string of the molecule is Cc1cc(NC(=O)[C@]2(C)CCCN2C(=N)/N=C(/Nc2cc(C3CC3)[nH]n2)c2ccc[nH]2)on1. The van der Waals surface area contributed by atoms with Gasteiger partial charge in [0.1, 0.15) is 5.54 Å². The summed E-state index contributed by atoms with van der Waals surface area (Å²) < 4.78 is 5.13. The quantitative estimate of drug-likeness (QED) is 0.298. The number of hydrogen-bond acceptors (Lipinski definition) is 5. The highest BCUT2D eigenvalue weighted by molar-refractivity contribution is 6.12. The predicted octanol–water partition coefficient (Wildman–Crippen LogP) is 3.20. The van der Waals surface area contributed by atoms with Crippen molar-refractivity contribution in [3.63, 3.8) is 0 Å². The summed E-state index contributed by atoms with van der Waals surface area (Å²) in [4.78, 5) is 22.5. The third-order valence-electron chi connectivity index (χ3n) is 6.18. The number of H-pyrrole nitrogens is 2. The van der Waals surface area contributed by atoms with Crippen LogP contribution in [0.5, 0.6) is 0 Å². The standard InChI is InChI=1S/C22H27N9O2/c1-13-11-18(33-30-13)26-20(32)22(2)8-4-10-31(22)21(23)27-19(15-5-3-9-24-15)25-17-12-16(28-29-17)14-6-7-14/h3,5,9,11-12,14,24H,4,6-8,10H2,1-2H3,(H,26,32)(H3,23,25,27,28,29)/t22-/m0/s1. The molecular formula is C22H27N9O2. The fourth-order valence-corrected chi connectivity index (χ4v) is 4.13. The molecule has 1 saturated carbocycles. The van der Waals surface area contributed by atoms with Crippen LogP contribution in [0.3, 0.4) is 0 Å². The van der Waals surface area contributed by atoms with Gasteiger partial charge >= 0.3 is 0 Å². The van der Waals surface area contributed by atoms with Gasteiger partial charge < -0.3 is 19.7 Å². The number of nitrogens with zero attached hydrogens (tertiary/aromatic N) is 4. The molecule has 4 heterocycles. The molecule has 0 unspecified atom stereocenters. The third kappa shape index (κ3) is 4.26. The Kier molecular flexibility index (Phi) is 5.23. The molecule has 5 N–H and O–H groups in total. The van der Waals surface area contributed by atoms with E-state index in [1.165, 1.54) is 12.8 Å². The largest absolute Gasteiger partial charge is 0.359 e. The number of aryl methyl sites for hydroxylation is 1. The van der Waals surface area contributed by atoms with Crippen LogP contribution in [-0.4, -0.2) is 55.0 Å². The number of amidine groups is 1. The second-order valence-electron chi connectivity index (χ2n) is 8.79. The molecule has 0 radical (unpaired) electrons. The molecule has 0 spiro atoms. The van der Waals surface area contributed by atoms with Crippen LogP contribution in [-0.2, 0) is 4.79 Å². The summed E-state index contributed by atoms with van der Waals surface area (Å²) >= 11 is 0. The van der Waals surface area contributed by atoms with Crippen molar-refractivity contribution in [2.24, 2.45) is 4.99 Å². The van der Waals surface area contributed by atoms with Gasteiger partial charge in [0.05, 0.1) is 11.4 Å². The van der Waals surface area contributed by atoms with E-state index in [9.17, 15) is 4.79 Å². The maximum Gasteiger partial charge on any atom is 0.252 e. The van der Waals surface area contributed by atoms with Crippen molar-refractivity contribution < 1.29 is 9.32 Å². The first-order chi connectivity index (χ1) is 15.9. The summed E-state index contributed by atoms with van der Waals surface area (Å²) in [6.45, 7) is 4.16. The van der Waals surface area contributed by atoms with Crippen LogP contribution < -0.4 is 10.6 Å². The molecule has 1 saturated heterocycles. The van der Waals surface area contributed by atoms with Crippen LogP contribution in [0.2, 0.25) is 0 Å². The molecule has 3 aromatic heterocycles. The summed E-state index contributed by atoms with van der Waals surface area (Å²) in [5.74, 6) is 1.68. The van der Waals surface area contributed by atoms with Crippen molar-refractivity contribution >= 4 is 29.4 Å². The van der Waals surface area contributed by atoms with Crippen molar-refractivity contribution in [2.45, 2.75) is 51.0 Å². The lowest BCUT2D eigenvalue weighted by molar-refractivity contribution is -0.124. The first-order valence-corrected chi connectivity index (χ1v) is 11.1. The van der Waals surface area contributed by atoms with E-state index in [4.69, 9.17) is 9.93 Å². The summed E-state index contributed by atoms with van der Waals surface area (Å²) in [6.07, 6.45) is 5.51. The molecule has 11 nitrogen and oxygen atoms in total. The molecule has 1 aliphatic heterocycles. The Morgan fingerprint density at radius 3 is 2.91 bits per heavy atom. The lowest BCUT2D eigenvalue weighted by Crippen LogP contribution is -2.52. The number of carbonyl (C=O) groups is 1. The minimum atomic E-state index is -0.937. The predicted molar refractivity (Wildman–Crippen MR) is 123 cm³/mol. The van der Waals surface area contributed by atoms with Gasteiger partial charge in [-0.05, 0) is 51.7 Å². The highest BCUT2D eigenvalue weighted by Gasteiger charge is 2.45. The highest BCUT2D eigenvalue weighted by Crippen LogP contribution is 2.39. The van der Waals surface area contributed by atoms with Gasteiger partial charge in [-0.3, -0.25) is 20.6 Å². The zero-order valence-electron chi connectivity index (χ0n) is 18.6. The number of hydrogen-bond donors (Lipinski definition) is 5. The number of nitrogens with one attached hydrogen (secondary N) is 5. The minimum absolute atomic E-state index is 0.00560. The molecule has 5 rings (SSSR count). The zero-order valence-corrected chi connectivity index (χ0v) is 18.6. The third-order valence-corrected chi connectivity index (χ3v) is 6.18. The number of rotatable bonds is 5. The van der Waals surface area contributed by atoms with Crippen molar-refractivity contribution in [3.05, 3.63) is 47.5 Å². The van der Waals surface area contributed by atoms with Crippen molar-refractivity contribution in [2.75, 3.05) is 17.2 Å². The fourth-order valence-electron chi connectivity index (χ4n) is 4.13. The molecule has 33 heavy (non-hydrogen) atoms. The number of aromatic amines is 2. The average molecular weight is 450 g/mol. The molecule has 2 aliphatic rings. The van der Waals surface area contributed by atoms with Gasteiger partial charge in [-0.1, -0.05) is 5.16 Å². The molecule has 0 bridgehead atoms. The Bertz CT molecular complexity index is 1190. The van der Waals surface area contributed by atoms with Crippen molar-refractivity contribution in [1.82, 2.24) is 25.2 Å². The van der Waals surface area contributed by atoms with Gasteiger partial charge in [-0.2, -0.15) is 10.1 Å². The van der Waals surface area contributed by atoms with Crippen molar-refractivity contribution in [1.29, 1.82) is 5.41 Å². The van der Waals surface area contributed by atoms with Gasteiger partial charge in [0, 0.05) is 36.5 Å². The number of likely N-dealkylation sites (tertiary alicyclic amines) is 1. The van der Waals surface area contributed by atoms with Crippen molar-refractivity contribution in [3.8, 4) is 0 Å². The molecular weight excluding hydrogens is 422 g/mol. The topological polar surface area (TPSA) is 151 Å². The number of guanidine groups is 1. The Labute approximate surface area is 190 Å². The Balaban J connectivity index is 1.37. The summed E-state index contributed by atoms with van der Waals surface area (Å²) in [5.41, 5.74) is 1.57. The Hall–Kier alpha value is -3.89. The van der Waals surface area contributed by atoms with Gasteiger partial charge in [0.25, 0.3) is 5.91 Å². The van der Waals surface area contributed by atoms with Crippen LogP contribution in [0.15, 0.2) is 40.0 Å². The van der Waals surface area contributed by atoms with E-state index >= 15 is 0 Å². The highest BCUT2D eigenvalue weighted by atomic mass is 16.5. The lowest BCUT2D eigenvalue weighted by atomic mass is 9.98. The molecule has 1 atom stereocenters. The van der Waals surface area contributed by atoms with Gasteiger partial charge in [-0.15, -0.1) is 0 Å². The molecule has 3 aromatic rings. The zero-order chi connectivity index (χ0) is 23.0. The summed E-state index contributed by atoms with van der Waals surface area (Å²) in [7, 11) is 0. The monoisotopic (exact) mass is 449 g/mol. The van der Waals surface area contributed by atoms with E-state index < -0.39 is 5.54 Å². The molecule has 0 aromatic carbocycles. The second kappa shape index (κ2) is 8.23. The van der Waals surface area contributed by atoms with E-state index in [0.717, 1.165) is 17.8 Å². The van der Waals surface area contributed by atoms with E-state index in [0.29, 0.717) is 42.1 Å². The number of anilines is 2. The number of amides is 1. The van der Waals surface area contributed by atoms with Crippen LogP contribution >= 0.6 is 0 Å². The number of carbonyl (C=O) groups excluding carboxylic acids is 1. The van der Waals surface area contributed by atoms with Gasteiger partial charge in [0.2, 0.25) is 11.8 Å². The summed E-state index contributed by atoms with van der Waals surface area (Å²) in [5, 5.41) is 26.0. The van der Waals surface area contributed by atoms with E-state index in [1.54, 1.807) is 24.1 Å². The van der Waals surface area contributed by atoms with Gasteiger partial charge in [-0.25, -0.2) is 0 Å². The normalized spacial score (nSPS) is 20.8. The Morgan fingerprint density at radius 2 is 2.21 bits per heavy atom. The van der Waals surface area contributed by atoms with Crippen LogP contribution in [0.4, 0.5) is 11.7 Å². The van der Waals surface area contributed by atoms with E-state index in [1.807, 2.05) is 25.1 Å². The molecule has 1 aliphatic carbocycles. The molecule has 2 fully saturated rings. The van der Waals surface area contributed by atoms with E-state index in [2.05, 4.69) is 36.0 Å². The Morgan fingerprint density at radius 1 is 1.36 bits per heavy atom. The van der Waals surface area contributed by atoms with Crippen LogP contribution in [0.1, 0.15) is 55.6 Å². The average Bonchev–Trinajstić information content (AvgIpc) is 3.21. The number of aliphatic imine (C=N–C) groups is 1.